The first-order valence-electron chi connectivity index (χ1n) is 6.95. The summed E-state index contributed by atoms with van der Waals surface area (Å²) in [6.45, 7) is 4.91. The number of hydrogen-bond acceptors (Lipinski definition) is 5. The second kappa shape index (κ2) is 6.56. The van der Waals surface area contributed by atoms with Crippen molar-refractivity contribution in [1.82, 2.24) is 0 Å². The van der Waals surface area contributed by atoms with Crippen LogP contribution in [0, 0.1) is 0 Å². The Balaban J connectivity index is 2.56. The first-order chi connectivity index (χ1) is 11.0. The van der Waals surface area contributed by atoms with Crippen LogP contribution in [0.25, 0.3) is 0 Å². The fourth-order valence-electron chi connectivity index (χ4n) is 2.13. The van der Waals surface area contributed by atoms with Crippen molar-refractivity contribution in [2.24, 2.45) is 0 Å². The summed E-state index contributed by atoms with van der Waals surface area (Å²) in [6, 6.07) is 5.78. The van der Waals surface area contributed by atoms with E-state index in [9.17, 15) is 14.7 Å². The maximum atomic E-state index is 12.7. The van der Waals surface area contributed by atoms with E-state index in [1.807, 2.05) is 0 Å². The molecule has 0 spiro atoms. The molecule has 0 saturated carbocycles. The predicted molar refractivity (Wildman–Crippen MR) is 89.8 cm³/mol. The molecule has 24 heavy (non-hydrogen) atoms. The fraction of sp³-hybridized carbons (Fsp3) is 0.375. The highest BCUT2D eigenvalue weighted by Gasteiger charge is 2.55. The van der Waals surface area contributed by atoms with Gasteiger partial charge in [-0.05, 0) is 38.5 Å². The highest BCUT2D eigenvalue weighted by molar-refractivity contribution is 6.48. The molecule has 0 bridgehead atoms. The molecule has 1 aliphatic heterocycles. The van der Waals surface area contributed by atoms with Gasteiger partial charge < -0.3 is 14.6 Å². The number of carbonyl (C=O) groups excluding carboxylic acids is 2. The minimum absolute atomic E-state index is 0.100. The minimum Gasteiger partial charge on any atom is -0.457 e. The Bertz CT molecular complexity index is 705. The SMILES string of the molecule is CC(C)(C)OC(=O)[C@](O)(c1ccc(Cl)cc1)[C@@H]1OC(=O)C(Cl)=C1Cl. The Kier molecular flexibility index (Phi) is 5.21. The van der Waals surface area contributed by atoms with E-state index >= 15 is 0 Å². The first kappa shape index (κ1) is 19.1. The standard InChI is InChI=1S/C16H15Cl3O5/c1-15(2,3)24-14(21)16(22,8-4-6-9(17)7-5-8)12-10(18)11(19)13(20)23-12/h4-7,12,22H,1-3H3/t12-,16+/m1/s1. The van der Waals surface area contributed by atoms with E-state index in [1.165, 1.54) is 24.3 Å². The summed E-state index contributed by atoms with van der Waals surface area (Å²) in [5, 5.41) is 10.9. The van der Waals surface area contributed by atoms with Gasteiger partial charge in [0.25, 0.3) is 0 Å². The van der Waals surface area contributed by atoms with Crippen molar-refractivity contribution in [3.63, 3.8) is 0 Å². The molecule has 1 aromatic carbocycles. The van der Waals surface area contributed by atoms with Crippen molar-refractivity contribution in [3.05, 3.63) is 44.9 Å². The van der Waals surface area contributed by atoms with Crippen LogP contribution in [-0.2, 0) is 24.7 Å². The van der Waals surface area contributed by atoms with Gasteiger partial charge in [0.15, 0.2) is 6.10 Å². The Labute approximate surface area is 154 Å². The summed E-state index contributed by atoms with van der Waals surface area (Å²) in [7, 11) is 0. The number of carbonyl (C=O) groups is 2. The zero-order valence-corrected chi connectivity index (χ0v) is 15.4. The first-order valence-corrected chi connectivity index (χ1v) is 8.08. The molecular weight excluding hydrogens is 379 g/mol. The van der Waals surface area contributed by atoms with Gasteiger partial charge in [0.2, 0.25) is 5.60 Å². The van der Waals surface area contributed by atoms with Crippen LogP contribution in [-0.4, -0.2) is 28.8 Å². The molecule has 130 valence electrons. The van der Waals surface area contributed by atoms with Crippen LogP contribution in [0.2, 0.25) is 5.02 Å². The molecule has 1 aromatic rings. The van der Waals surface area contributed by atoms with Crippen molar-refractivity contribution < 1.29 is 24.2 Å². The molecule has 1 heterocycles. The van der Waals surface area contributed by atoms with Gasteiger partial charge in [-0.25, -0.2) is 9.59 Å². The highest BCUT2D eigenvalue weighted by atomic mass is 35.5. The maximum Gasteiger partial charge on any atom is 0.351 e. The number of ether oxygens (including phenoxy) is 2. The molecule has 0 aliphatic carbocycles. The topological polar surface area (TPSA) is 72.8 Å². The number of hydrogen-bond donors (Lipinski definition) is 1. The summed E-state index contributed by atoms with van der Waals surface area (Å²) in [4.78, 5) is 24.3. The second-order valence-electron chi connectivity index (χ2n) is 6.22. The monoisotopic (exact) mass is 392 g/mol. The number of benzene rings is 1. The minimum atomic E-state index is -2.37. The second-order valence-corrected chi connectivity index (χ2v) is 7.44. The molecule has 0 amide bonds. The quantitative estimate of drug-likeness (QED) is 0.796. The molecule has 2 rings (SSSR count). The van der Waals surface area contributed by atoms with Crippen molar-refractivity contribution in [2.75, 3.05) is 0 Å². The lowest BCUT2D eigenvalue weighted by Crippen LogP contribution is -2.50. The third kappa shape index (κ3) is 3.54. The Morgan fingerprint density at radius 1 is 1.17 bits per heavy atom. The van der Waals surface area contributed by atoms with Gasteiger partial charge in [-0.1, -0.05) is 46.9 Å². The Hall–Kier alpha value is -1.27. The van der Waals surface area contributed by atoms with Crippen molar-refractivity contribution >= 4 is 46.7 Å². The van der Waals surface area contributed by atoms with Gasteiger partial charge in [0.05, 0.1) is 5.03 Å². The van der Waals surface area contributed by atoms with E-state index in [0.29, 0.717) is 5.02 Å². The molecule has 0 unspecified atom stereocenters. The zero-order valence-electron chi connectivity index (χ0n) is 13.1. The van der Waals surface area contributed by atoms with Crippen LogP contribution in [0.1, 0.15) is 26.3 Å². The predicted octanol–water partition coefficient (Wildman–Crippen LogP) is 3.48. The van der Waals surface area contributed by atoms with E-state index in [0.717, 1.165) is 0 Å². The van der Waals surface area contributed by atoms with Crippen molar-refractivity contribution in [2.45, 2.75) is 38.1 Å². The van der Waals surface area contributed by atoms with Crippen LogP contribution in [0.4, 0.5) is 0 Å². The lowest BCUT2D eigenvalue weighted by atomic mass is 9.87. The summed E-state index contributed by atoms with van der Waals surface area (Å²) in [5.74, 6) is -1.96. The van der Waals surface area contributed by atoms with Gasteiger partial charge in [-0.15, -0.1) is 0 Å². The molecule has 0 aromatic heterocycles. The van der Waals surface area contributed by atoms with E-state index in [1.54, 1.807) is 20.8 Å². The fourth-order valence-corrected chi connectivity index (χ4v) is 2.68. The number of esters is 2. The van der Waals surface area contributed by atoms with E-state index < -0.39 is 34.3 Å². The zero-order chi connectivity index (χ0) is 18.3. The summed E-state index contributed by atoms with van der Waals surface area (Å²) in [5.41, 5.74) is -3.16. The van der Waals surface area contributed by atoms with Crippen LogP contribution in [0.5, 0.6) is 0 Å². The average molecular weight is 394 g/mol. The lowest BCUT2D eigenvalue weighted by Gasteiger charge is -2.33. The van der Waals surface area contributed by atoms with E-state index in [-0.39, 0.29) is 10.6 Å². The number of rotatable bonds is 3. The largest absolute Gasteiger partial charge is 0.457 e. The molecule has 2 atom stereocenters. The molecule has 5 nitrogen and oxygen atoms in total. The van der Waals surface area contributed by atoms with E-state index in [4.69, 9.17) is 44.3 Å². The van der Waals surface area contributed by atoms with Crippen LogP contribution < -0.4 is 0 Å². The molecule has 8 heteroatoms. The highest BCUT2D eigenvalue weighted by Crippen LogP contribution is 2.41. The summed E-state index contributed by atoms with van der Waals surface area (Å²) in [6.07, 6.45) is -1.52. The van der Waals surface area contributed by atoms with Gasteiger partial charge in [-0.2, -0.15) is 0 Å². The molecule has 1 aliphatic rings. The third-order valence-electron chi connectivity index (χ3n) is 3.22. The van der Waals surface area contributed by atoms with Crippen LogP contribution in [0.15, 0.2) is 34.3 Å². The molecule has 1 N–H and O–H groups in total. The molecule has 0 radical (unpaired) electrons. The van der Waals surface area contributed by atoms with Crippen LogP contribution >= 0.6 is 34.8 Å². The summed E-state index contributed by atoms with van der Waals surface area (Å²) >= 11 is 17.6. The number of halogens is 3. The van der Waals surface area contributed by atoms with Gasteiger partial charge in [0, 0.05) is 5.02 Å². The summed E-state index contributed by atoms with van der Waals surface area (Å²) < 4.78 is 10.3. The normalized spacial score (nSPS) is 20.6. The molecular formula is C16H15Cl3O5. The van der Waals surface area contributed by atoms with Gasteiger partial charge in [0.1, 0.15) is 10.6 Å². The van der Waals surface area contributed by atoms with Crippen molar-refractivity contribution in [3.8, 4) is 0 Å². The molecule has 0 saturated heterocycles. The average Bonchev–Trinajstić information content (AvgIpc) is 2.73. The third-order valence-corrected chi connectivity index (χ3v) is 4.31. The molecule has 0 fully saturated rings. The van der Waals surface area contributed by atoms with Crippen molar-refractivity contribution in [1.29, 1.82) is 0 Å². The number of cyclic esters (lactones) is 1. The Morgan fingerprint density at radius 2 is 1.71 bits per heavy atom. The lowest BCUT2D eigenvalue weighted by molar-refractivity contribution is -0.191. The van der Waals surface area contributed by atoms with Crippen LogP contribution in [0.3, 0.4) is 0 Å². The Morgan fingerprint density at radius 3 is 2.12 bits per heavy atom. The van der Waals surface area contributed by atoms with E-state index in [2.05, 4.69) is 0 Å². The smallest absolute Gasteiger partial charge is 0.351 e. The maximum absolute atomic E-state index is 12.7. The van der Waals surface area contributed by atoms with Gasteiger partial charge in [-0.3, -0.25) is 0 Å². The van der Waals surface area contributed by atoms with Gasteiger partial charge >= 0.3 is 11.9 Å². The number of aliphatic hydroxyl groups is 1.